The zero-order chi connectivity index (χ0) is 16.3. The Hall–Kier alpha value is -1.14. The Labute approximate surface area is 127 Å². The monoisotopic (exact) mass is 303 g/mol. The maximum Gasteiger partial charge on any atom is 0.325 e. The molecule has 0 aliphatic heterocycles. The van der Waals surface area contributed by atoms with Crippen molar-refractivity contribution in [1.82, 2.24) is 4.90 Å². The fourth-order valence-electron chi connectivity index (χ4n) is 1.79. The lowest BCUT2D eigenvalue weighted by Crippen LogP contribution is -2.44. The molecule has 0 bridgehead atoms. The van der Waals surface area contributed by atoms with Crippen LogP contribution in [0.3, 0.4) is 0 Å². The summed E-state index contributed by atoms with van der Waals surface area (Å²) >= 11 is 0. The van der Waals surface area contributed by atoms with Crippen molar-refractivity contribution in [3.8, 4) is 0 Å². The number of hydrogen-bond acceptors (Lipinski definition) is 5. The summed E-state index contributed by atoms with van der Waals surface area (Å²) in [4.78, 5) is 25.4. The van der Waals surface area contributed by atoms with Crippen LogP contribution in [-0.4, -0.2) is 62.4 Å². The van der Waals surface area contributed by atoms with Gasteiger partial charge in [0.1, 0.15) is 12.6 Å². The van der Waals surface area contributed by atoms with E-state index in [9.17, 15) is 9.59 Å². The Bertz CT molecular complexity index is 306. The molecule has 6 heteroatoms. The van der Waals surface area contributed by atoms with Gasteiger partial charge in [-0.05, 0) is 26.7 Å². The zero-order valence-corrected chi connectivity index (χ0v) is 13.9. The van der Waals surface area contributed by atoms with Crippen molar-refractivity contribution in [1.29, 1.82) is 0 Å². The fraction of sp³-hybridized carbons (Fsp3) is 0.867. The minimum Gasteiger partial charge on any atom is -0.465 e. The molecule has 0 aliphatic carbocycles. The van der Waals surface area contributed by atoms with Crippen LogP contribution in [0, 0.1) is 5.92 Å². The third kappa shape index (κ3) is 9.42. The third-order valence-electron chi connectivity index (χ3n) is 2.67. The molecule has 1 amide bonds. The molecule has 0 aromatic carbocycles. The van der Waals surface area contributed by atoms with Crippen LogP contribution in [0.25, 0.3) is 0 Å². The molecule has 0 aliphatic rings. The maximum atomic E-state index is 12.3. The fourth-order valence-corrected chi connectivity index (χ4v) is 1.79. The van der Waals surface area contributed by atoms with Crippen LogP contribution in [0.15, 0.2) is 0 Å². The molecule has 1 unspecified atom stereocenters. The van der Waals surface area contributed by atoms with Crippen LogP contribution in [-0.2, 0) is 23.8 Å². The predicted octanol–water partition coefficient (Wildman–Crippen LogP) is 1.48. The van der Waals surface area contributed by atoms with Crippen molar-refractivity contribution in [2.24, 2.45) is 5.92 Å². The van der Waals surface area contributed by atoms with Crippen molar-refractivity contribution in [2.75, 3.05) is 39.5 Å². The van der Waals surface area contributed by atoms with E-state index in [4.69, 9.17) is 14.2 Å². The van der Waals surface area contributed by atoms with Gasteiger partial charge in [0.15, 0.2) is 0 Å². The number of carbonyl (C=O) groups is 2. The van der Waals surface area contributed by atoms with Crippen LogP contribution < -0.4 is 0 Å². The highest BCUT2D eigenvalue weighted by Gasteiger charge is 2.24. The van der Waals surface area contributed by atoms with Gasteiger partial charge < -0.3 is 19.1 Å². The molecule has 0 radical (unpaired) electrons. The van der Waals surface area contributed by atoms with Gasteiger partial charge >= 0.3 is 5.97 Å². The topological polar surface area (TPSA) is 65.1 Å². The van der Waals surface area contributed by atoms with Crippen molar-refractivity contribution in [3.63, 3.8) is 0 Å². The predicted molar refractivity (Wildman–Crippen MR) is 80.0 cm³/mol. The van der Waals surface area contributed by atoms with E-state index in [2.05, 4.69) is 0 Å². The lowest BCUT2D eigenvalue weighted by Gasteiger charge is -2.26. The normalized spacial score (nSPS) is 12.3. The quantitative estimate of drug-likeness (QED) is 0.427. The summed E-state index contributed by atoms with van der Waals surface area (Å²) in [7, 11) is 0. The van der Waals surface area contributed by atoms with E-state index >= 15 is 0 Å². The average molecular weight is 303 g/mol. The number of rotatable bonds is 11. The number of carbonyl (C=O) groups excluding carboxylic acids is 2. The second kappa shape index (κ2) is 11.5. The summed E-state index contributed by atoms with van der Waals surface area (Å²) in [6.45, 7) is 11.5. The summed E-state index contributed by atoms with van der Waals surface area (Å²) in [6, 6.07) is 0. The Balaban J connectivity index is 4.44. The second-order valence-corrected chi connectivity index (χ2v) is 5.13. The SMILES string of the molecule is CCOCCOC(C)C(=O)N(CC(=O)OCC)CC(C)C. The van der Waals surface area contributed by atoms with Gasteiger partial charge in [-0.15, -0.1) is 0 Å². The van der Waals surface area contributed by atoms with Crippen LogP contribution >= 0.6 is 0 Å². The van der Waals surface area contributed by atoms with E-state index in [1.54, 1.807) is 13.8 Å². The summed E-state index contributed by atoms with van der Waals surface area (Å²) < 4.78 is 15.5. The molecule has 0 N–H and O–H groups in total. The number of hydrogen-bond donors (Lipinski definition) is 0. The van der Waals surface area contributed by atoms with Crippen molar-refractivity contribution in [2.45, 2.75) is 40.7 Å². The lowest BCUT2D eigenvalue weighted by atomic mass is 10.2. The molecule has 6 nitrogen and oxygen atoms in total. The molecule has 0 aromatic rings. The van der Waals surface area contributed by atoms with Crippen LogP contribution in [0.1, 0.15) is 34.6 Å². The molecular weight excluding hydrogens is 274 g/mol. The van der Waals surface area contributed by atoms with Gasteiger partial charge in [-0.25, -0.2) is 0 Å². The van der Waals surface area contributed by atoms with E-state index in [1.807, 2.05) is 20.8 Å². The van der Waals surface area contributed by atoms with Gasteiger partial charge in [-0.1, -0.05) is 13.8 Å². The highest BCUT2D eigenvalue weighted by Crippen LogP contribution is 2.05. The first kappa shape index (κ1) is 19.9. The molecule has 21 heavy (non-hydrogen) atoms. The van der Waals surface area contributed by atoms with Crippen LogP contribution in [0.2, 0.25) is 0 Å². The maximum absolute atomic E-state index is 12.3. The molecular formula is C15H29NO5. The van der Waals surface area contributed by atoms with Crippen molar-refractivity contribution < 1.29 is 23.8 Å². The number of nitrogens with zero attached hydrogens (tertiary/aromatic N) is 1. The first-order valence-corrected chi connectivity index (χ1v) is 7.56. The van der Waals surface area contributed by atoms with Gasteiger partial charge in [-0.2, -0.15) is 0 Å². The minimum atomic E-state index is -0.598. The van der Waals surface area contributed by atoms with E-state index in [0.29, 0.717) is 33.0 Å². The first-order chi connectivity index (χ1) is 9.92. The van der Waals surface area contributed by atoms with E-state index in [-0.39, 0.29) is 18.4 Å². The summed E-state index contributed by atoms with van der Waals surface area (Å²) in [5.41, 5.74) is 0. The largest absolute Gasteiger partial charge is 0.465 e. The van der Waals surface area contributed by atoms with E-state index in [1.165, 1.54) is 4.90 Å². The van der Waals surface area contributed by atoms with Gasteiger partial charge in [0, 0.05) is 13.2 Å². The van der Waals surface area contributed by atoms with Crippen LogP contribution in [0.5, 0.6) is 0 Å². The molecule has 0 spiro atoms. The van der Waals surface area contributed by atoms with E-state index in [0.717, 1.165) is 0 Å². The molecule has 0 saturated carbocycles. The highest BCUT2D eigenvalue weighted by molar-refractivity contribution is 5.84. The Kier molecular flexibility index (Phi) is 10.9. The van der Waals surface area contributed by atoms with Gasteiger partial charge in [0.2, 0.25) is 0 Å². The Morgan fingerprint density at radius 2 is 1.71 bits per heavy atom. The van der Waals surface area contributed by atoms with Crippen molar-refractivity contribution >= 4 is 11.9 Å². The Morgan fingerprint density at radius 1 is 1.05 bits per heavy atom. The number of ether oxygens (including phenoxy) is 3. The number of esters is 1. The smallest absolute Gasteiger partial charge is 0.325 e. The highest BCUT2D eigenvalue weighted by atomic mass is 16.5. The third-order valence-corrected chi connectivity index (χ3v) is 2.67. The van der Waals surface area contributed by atoms with Crippen LogP contribution in [0.4, 0.5) is 0 Å². The summed E-state index contributed by atoms with van der Waals surface area (Å²) in [5, 5.41) is 0. The molecule has 1 atom stereocenters. The molecule has 0 aromatic heterocycles. The first-order valence-electron chi connectivity index (χ1n) is 7.56. The minimum absolute atomic E-state index is 0.0377. The molecule has 0 saturated heterocycles. The standard InChI is InChI=1S/C15H29NO5/c1-6-19-8-9-21-13(5)15(18)16(10-12(3)4)11-14(17)20-7-2/h12-13H,6-11H2,1-5H3. The molecule has 0 rings (SSSR count). The molecule has 124 valence electrons. The average Bonchev–Trinajstić information content (AvgIpc) is 2.41. The van der Waals surface area contributed by atoms with Gasteiger partial charge in [0.25, 0.3) is 5.91 Å². The van der Waals surface area contributed by atoms with Crippen molar-refractivity contribution in [3.05, 3.63) is 0 Å². The zero-order valence-electron chi connectivity index (χ0n) is 13.9. The Morgan fingerprint density at radius 3 is 2.24 bits per heavy atom. The summed E-state index contributed by atoms with van der Waals surface area (Å²) in [6.07, 6.45) is -0.598. The van der Waals surface area contributed by atoms with Gasteiger partial charge in [-0.3, -0.25) is 9.59 Å². The molecule has 0 heterocycles. The summed E-state index contributed by atoms with van der Waals surface area (Å²) in [5.74, 6) is -0.333. The second-order valence-electron chi connectivity index (χ2n) is 5.13. The number of amides is 1. The van der Waals surface area contributed by atoms with E-state index < -0.39 is 12.1 Å². The molecule has 0 fully saturated rings. The lowest BCUT2D eigenvalue weighted by molar-refractivity contribution is -0.154. The van der Waals surface area contributed by atoms with Gasteiger partial charge in [0.05, 0.1) is 19.8 Å².